The third-order valence-electron chi connectivity index (χ3n) is 5.17. The first kappa shape index (κ1) is 17.7. The van der Waals surface area contributed by atoms with Gasteiger partial charge in [0.1, 0.15) is 0 Å². The standard InChI is InChI=1S/C16H18O8/c1-7-4-3-5-9-8(2)6-15(11(17)18,12(19)20)16(10(7)9,13(21)22)14(23)24/h4,8H,3,5-6H2,1-2H3,(H,17,18)(H,19,20)(H,21,22)(H,23,24). The van der Waals surface area contributed by atoms with Crippen LogP contribution in [0.1, 0.15) is 33.1 Å². The minimum absolute atomic E-state index is 0.183. The summed E-state index contributed by atoms with van der Waals surface area (Å²) in [6, 6.07) is 0. The lowest BCUT2D eigenvalue weighted by Gasteiger charge is -2.48. The summed E-state index contributed by atoms with van der Waals surface area (Å²) in [6.07, 6.45) is 1.97. The minimum atomic E-state index is -3.08. The Labute approximate surface area is 137 Å². The quantitative estimate of drug-likeness (QED) is 0.561. The largest absolute Gasteiger partial charge is 0.480 e. The van der Waals surface area contributed by atoms with E-state index in [4.69, 9.17) is 0 Å². The zero-order chi connectivity index (χ0) is 18.4. The van der Waals surface area contributed by atoms with Crippen LogP contribution in [0.2, 0.25) is 0 Å². The molecule has 0 aromatic rings. The first-order valence-corrected chi connectivity index (χ1v) is 7.39. The molecule has 1 unspecified atom stereocenters. The average molecular weight is 338 g/mol. The predicted octanol–water partition coefficient (Wildman–Crippen LogP) is 1.37. The smallest absolute Gasteiger partial charge is 0.327 e. The van der Waals surface area contributed by atoms with Crippen LogP contribution in [0.5, 0.6) is 0 Å². The number of aliphatic carboxylic acids is 4. The van der Waals surface area contributed by atoms with Crippen molar-refractivity contribution in [3.05, 3.63) is 22.8 Å². The predicted molar refractivity (Wildman–Crippen MR) is 79.2 cm³/mol. The molecule has 24 heavy (non-hydrogen) atoms. The highest BCUT2D eigenvalue weighted by molar-refractivity contribution is 6.16. The van der Waals surface area contributed by atoms with Crippen molar-refractivity contribution in [1.29, 1.82) is 0 Å². The Balaban J connectivity index is 3.05. The van der Waals surface area contributed by atoms with Crippen molar-refractivity contribution >= 4 is 23.9 Å². The van der Waals surface area contributed by atoms with Crippen molar-refractivity contribution in [2.24, 2.45) is 16.7 Å². The van der Waals surface area contributed by atoms with Crippen LogP contribution in [0.25, 0.3) is 0 Å². The summed E-state index contributed by atoms with van der Waals surface area (Å²) in [7, 11) is 0. The number of carboxylic acids is 4. The lowest BCUT2D eigenvalue weighted by Crippen LogP contribution is -2.64. The van der Waals surface area contributed by atoms with Crippen molar-refractivity contribution in [2.75, 3.05) is 0 Å². The van der Waals surface area contributed by atoms with Crippen LogP contribution in [0.3, 0.4) is 0 Å². The molecule has 0 fully saturated rings. The Morgan fingerprint density at radius 1 is 1.00 bits per heavy atom. The Hall–Kier alpha value is -2.64. The van der Waals surface area contributed by atoms with Crippen LogP contribution in [0.4, 0.5) is 0 Å². The van der Waals surface area contributed by atoms with E-state index in [2.05, 4.69) is 0 Å². The van der Waals surface area contributed by atoms with Gasteiger partial charge in [-0.05, 0) is 37.7 Å². The van der Waals surface area contributed by atoms with Crippen molar-refractivity contribution in [1.82, 2.24) is 0 Å². The van der Waals surface area contributed by atoms with Crippen LogP contribution in [-0.2, 0) is 19.2 Å². The summed E-state index contributed by atoms with van der Waals surface area (Å²) >= 11 is 0. The van der Waals surface area contributed by atoms with Gasteiger partial charge in [0.05, 0.1) is 0 Å². The highest BCUT2D eigenvalue weighted by Crippen LogP contribution is 2.59. The van der Waals surface area contributed by atoms with Gasteiger partial charge in [-0.25, -0.2) is 0 Å². The topological polar surface area (TPSA) is 149 Å². The van der Waals surface area contributed by atoms with Crippen LogP contribution in [-0.4, -0.2) is 44.3 Å². The fraction of sp³-hybridized carbons (Fsp3) is 0.500. The van der Waals surface area contributed by atoms with Crippen molar-refractivity contribution in [3.8, 4) is 0 Å². The molecule has 1 atom stereocenters. The second kappa shape index (κ2) is 5.47. The van der Waals surface area contributed by atoms with E-state index in [1.807, 2.05) is 0 Å². The Morgan fingerprint density at radius 3 is 1.92 bits per heavy atom. The molecule has 0 heterocycles. The number of allylic oxidation sites excluding steroid dienone is 3. The van der Waals surface area contributed by atoms with Gasteiger partial charge in [0.25, 0.3) is 0 Å². The zero-order valence-electron chi connectivity index (χ0n) is 13.2. The van der Waals surface area contributed by atoms with Crippen molar-refractivity contribution in [2.45, 2.75) is 33.1 Å². The molecule has 2 rings (SSSR count). The van der Waals surface area contributed by atoms with E-state index < -0.39 is 47.0 Å². The molecular weight excluding hydrogens is 320 g/mol. The maximum Gasteiger partial charge on any atom is 0.327 e. The third-order valence-corrected chi connectivity index (χ3v) is 5.17. The Bertz CT molecular complexity index is 684. The molecule has 130 valence electrons. The summed E-state index contributed by atoms with van der Waals surface area (Å²) in [5, 5.41) is 38.8. The molecule has 0 aromatic heterocycles. The SMILES string of the molecule is CC1=CCCC2=C1C(C(=O)O)(C(=O)O)C(C(=O)O)(C(=O)O)CC2C. The number of hydrogen-bond donors (Lipinski definition) is 4. The first-order valence-electron chi connectivity index (χ1n) is 7.39. The number of carboxylic acid groups (broad SMARTS) is 4. The lowest BCUT2D eigenvalue weighted by atomic mass is 9.49. The molecule has 0 spiro atoms. The number of hydrogen-bond acceptors (Lipinski definition) is 4. The van der Waals surface area contributed by atoms with Gasteiger partial charge in [0, 0.05) is 0 Å². The summed E-state index contributed by atoms with van der Waals surface area (Å²) in [4.78, 5) is 48.0. The number of rotatable bonds is 4. The van der Waals surface area contributed by atoms with E-state index in [1.54, 1.807) is 13.0 Å². The Morgan fingerprint density at radius 2 is 1.50 bits per heavy atom. The van der Waals surface area contributed by atoms with E-state index in [-0.39, 0.29) is 5.57 Å². The highest BCUT2D eigenvalue weighted by Gasteiger charge is 2.75. The third kappa shape index (κ3) is 1.85. The molecule has 8 heteroatoms. The van der Waals surface area contributed by atoms with Gasteiger partial charge < -0.3 is 20.4 Å². The zero-order valence-corrected chi connectivity index (χ0v) is 13.2. The number of carbonyl (C=O) groups is 4. The first-order chi connectivity index (χ1) is 11.0. The van der Waals surface area contributed by atoms with Gasteiger partial charge in [-0.1, -0.05) is 24.1 Å². The van der Waals surface area contributed by atoms with Crippen LogP contribution in [0, 0.1) is 16.7 Å². The highest BCUT2D eigenvalue weighted by atomic mass is 16.4. The molecule has 0 saturated carbocycles. The second-order valence-corrected chi connectivity index (χ2v) is 6.31. The van der Waals surface area contributed by atoms with Gasteiger partial charge in [0.15, 0.2) is 5.41 Å². The monoisotopic (exact) mass is 338 g/mol. The molecule has 0 saturated heterocycles. The summed E-state index contributed by atoms with van der Waals surface area (Å²) in [6.45, 7) is 3.09. The molecule has 8 nitrogen and oxygen atoms in total. The molecular formula is C16H18O8. The fourth-order valence-electron chi connectivity index (χ4n) is 4.16. The lowest BCUT2D eigenvalue weighted by molar-refractivity contribution is -0.194. The van der Waals surface area contributed by atoms with E-state index in [9.17, 15) is 39.6 Å². The van der Waals surface area contributed by atoms with Gasteiger partial charge in [-0.2, -0.15) is 0 Å². The van der Waals surface area contributed by atoms with Gasteiger partial charge in [0.2, 0.25) is 5.41 Å². The van der Waals surface area contributed by atoms with E-state index in [1.165, 1.54) is 6.92 Å². The van der Waals surface area contributed by atoms with E-state index >= 15 is 0 Å². The van der Waals surface area contributed by atoms with Crippen molar-refractivity contribution in [3.63, 3.8) is 0 Å². The molecule has 0 radical (unpaired) electrons. The fourth-order valence-corrected chi connectivity index (χ4v) is 4.16. The maximum atomic E-state index is 12.1. The van der Waals surface area contributed by atoms with Crippen LogP contribution < -0.4 is 0 Å². The molecule has 2 aliphatic rings. The molecule has 2 aliphatic carbocycles. The summed E-state index contributed by atoms with van der Waals surface area (Å²) in [5.41, 5.74) is -5.43. The van der Waals surface area contributed by atoms with Gasteiger partial charge in [-0.15, -0.1) is 0 Å². The van der Waals surface area contributed by atoms with Crippen molar-refractivity contribution < 1.29 is 39.6 Å². The average Bonchev–Trinajstić information content (AvgIpc) is 2.46. The molecule has 0 amide bonds. The molecule has 4 N–H and O–H groups in total. The summed E-state index contributed by atoms with van der Waals surface area (Å²) < 4.78 is 0. The van der Waals surface area contributed by atoms with E-state index in [0.717, 1.165) is 0 Å². The maximum absolute atomic E-state index is 12.1. The van der Waals surface area contributed by atoms with Crippen LogP contribution in [0.15, 0.2) is 22.8 Å². The summed E-state index contributed by atoms with van der Waals surface area (Å²) in [5.74, 6) is -8.43. The normalized spacial score (nSPS) is 24.6. The van der Waals surface area contributed by atoms with Gasteiger partial charge in [-0.3, -0.25) is 19.2 Å². The Kier molecular flexibility index (Phi) is 4.03. The van der Waals surface area contributed by atoms with Crippen LogP contribution >= 0.6 is 0 Å². The molecule has 0 bridgehead atoms. The minimum Gasteiger partial charge on any atom is -0.480 e. The molecule has 0 aromatic carbocycles. The van der Waals surface area contributed by atoms with E-state index in [0.29, 0.717) is 24.0 Å². The van der Waals surface area contributed by atoms with Gasteiger partial charge >= 0.3 is 23.9 Å². The molecule has 0 aliphatic heterocycles. The second-order valence-electron chi connectivity index (χ2n) is 6.31.